The molecule has 0 bridgehead atoms. The minimum absolute atomic E-state index is 0.117. The molecule has 0 aromatic heterocycles. The van der Waals surface area contributed by atoms with Crippen LogP contribution in [0.25, 0.3) is 0 Å². The van der Waals surface area contributed by atoms with E-state index in [9.17, 15) is 24.1 Å². The number of hydrogen-bond donors (Lipinski definition) is 0. The van der Waals surface area contributed by atoms with Crippen molar-refractivity contribution in [2.75, 3.05) is 6.61 Å². The average Bonchev–Trinajstić information content (AvgIpc) is 2.72. The van der Waals surface area contributed by atoms with Crippen LogP contribution >= 0.6 is 0 Å². The molecule has 0 unspecified atom stereocenters. The molecule has 0 N–H and O–H groups in total. The van der Waals surface area contributed by atoms with Gasteiger partial charge in [0, 0.05) is 18.9 Å². The van der Waals surface area contributed by atoms with Crippen LogP contribution in [0.4, 0.5) is 10.1 Å². The van der Waals surface area contributed by atoms with Crippen molar-refractivity contribution in [2.24, 2.45) is 0 Å². The van der Waals surface area contributed by atoms with Crippen LogP contribution < -0.4 is 0 Å². The molecule has 30 heavy (non-hydrogen) atoms. The summed E-state index contributed by atoms with van der Waals surface area (Å²) >= 11 is 0. The first-order chi connectivity index (χ1) is 14.4. The summed E-state index contributed by atoms with van der Waals surface area (Å²) in [4.78, 5) is 33.2. The predicted octanol–water partition coefficient (Wildman–Crippen LogP) is 5.63. The van der Waals surface area contributed by atoms with E-state index in [4.69, 9.17) is 9.47 Å². The molecule has 0 amide bonds. The standard InChI is InChI=1S/C22H32FNO6/c1-2-3-10-15-29-21(25)11-8-6-4-5-7-9-12-22(26)30-17-18-13-14-19(23)20(16-18)24(27)28/h13-14,16H,2-12,15,17H2,1H3. The molecular weight excluding hydrogens is 393 g/mol. The molecule has 0 fully saturated rings. The van der Waals surface area contributed by atoms with Crippen LogP contribution in [-0.4, -0.2) is 23.5 Å². The minimum Gasteiger partial charge on any atom is -0.466 e. The second kappa shape index (κ2) is 15.3. The minimum atomic E-state index is -0.918. The molecule has 0 aliphatic carbocycles. The molecule has 1 rings (SSSR count). The fraction of sp³-hybridized carbons (Fsp3) is 0.636. The van der Waals surface area contributed by atoms with Gasteiger partial charge in [-0.3, -0.25) is 19.7 Å². The summed E-state index contributed by atoms with van der Waals surface area (Å²) < 4.78 is 23.5. The number of ether oxygens (including phenoxy) is 2. The lowest BCUT2D eigenvalue weighted by Crippen LogP contribution is -2.05. The first kappa shape index (κ1) is 25.5. The highest BCUT2D eigenvalue weighted by Gasteiger charge is 2.15. The maximum Gasteiger partial charge on any atom is 0.306 e. The fourth-order valence-corrected chi connectivity index (χ4v) is 2.88. The maximum absolute atomic E-state index is 13.3. The van der Waals surface area contributed by atoms with Crippen molar-refractivity contribution < 1.29 is 28.4 Å². The predicted molar refractivity (Wildman–Crippen MR) is 110 cm³/mol. The third-order valence-electron chi connectivity index (χ3n) is 4.63. The van der Waals surface area contributed by atoms with E-state index in [2.05, 4.69) is 6.92 Å². The van der Waals surface area contributed by atoms with Crippen molar-refractivity contribution in [3.8, 4) is 0 Å². The van der Waals surface area contributed by atoms with Gasteiger partial charge in [-0.15, -0.1) is 0 Å². The molecule has 0 saturated carbocycles. The van der Waals surface area contributed by atoms with Gasteiger partial charge in [0.2, 0.25) is 5.82 Å². The third-order valence-corrected chi connectivity index (χ3v) is 4.63. The smallest absolute Gasteiger partial charge is 0.306 e. The lowest BCUT2D eigenvalue weighted by Gasteiger charge is -2.06. The van der Waals surface area contributed by atoms with Crippen LogP contribution in [0.2, 0.25) is 0 Å². The van der Waals surface area contributed by atoms with Gasteiger partial charge in [-0.25, -0.2) is 0 Å². The summed E-state index contributed by atoms with van der Waals surface area (Å²) in [5.41, 5.74) is -0.256. The van der Waals surface area contributed by atoms with E-state index in [0.717, 1.165) is 63.5 Å². The highest BCUT2D eigenvalue weighted by atomic mass is 19.1. The summed E-state index contributed by atoms with van der Waals surface area (Å²) in [6.45, 7) is 2.50. The Bertz CT molecular complexity index is 680. The summed E-state index contributed by atoms with van der Waals surface area (Å²) in [5.74, 6) is -1.42. The molecule has 0 aliphatic rings. The normalized spacial score (nSPS) is 10.6. The molecule has 1 aromatic carbocycles. The highest BCUT2D eigenvalue weighted by molar-refractivity contribution is 5.69. The fourth-order valence-electron chi connectivity index (χ4n) is 2.88. The summed E-state index contributed by atoms with van der Waals surface area (Å²) in [6, 6.07) is 3.42. The first-order valence-corrected chi connectivity index (χ1v) is 10.7. The number of esters is 2. The lowest BCUT2D eigenvalue weighted by atomic mass is 10.1. The van der Waals surface area contributed by atoms with Crippen molar-refractivity contribution >= 4 is 17.6 Å². The number of hydrogen-bond acceptors (Lipinski definition) is 6. The van der Waals surface area contributed by atoms with Crippen molar-refractivity contribution in [1.29, 1.82) is 0 Å². The lowest BCUT2D eigenvalue weighted by molar-refractivity contribution is -0.387. The van der Waals surface area contributed by atoms with Crippen LogP contribution in [-0.2, 0) is 25.7 Å². The Balaban J connectivity index is 2.03. The Hall–Kier alpha value is -2.51. The number of nitrogens with zero attached hydrogens (tertiary/aromatic N) is 1. The number of rotatable bonds is 16. The Labute approximate surface area is 177 Å². The Morgan fingerprint density at radius 2 is 1.53 bits per heavy atom. The second-order valence-corrected chi connectivity index (χ2v) is 7.25. The van der Waals surface area contributed by atoms with E-state index in [1.807, 2.05) is 0 Å². The molecule has 7 nitrogen and oxygen atoms in total. The molecule has 0 heterocycles. The molecule has 0 saturated heterocycles. The van der Waals surface area contributed by atoms with Crippen molar-refractivity contribution in [3.05, 3.63) is 39.7 Å². The number of halogens is 1. The zero-order valence-corrected chi connectivity index (χ0v) is 17.7. The van der Waals surface area contributed by atoms with Gasteiger partial charge in [0.1, 0.15) is 6.61 Å². The Morgan fingerprint density at radius 1 is 0.933 bits per heavy atom. The Morgan fingerprint density at radius 3 is 2.13 bits per heavy atom. The van der Waals surface area contributed by atoms with Crippen LogP contribution in [0.15, 0.2) is 18.2 Å². The number of carbonyl (C=O) groups excluding carboxylic acids is 2. The average molecular weight is 425 g/mol. The Kier molecular flexibility index (Phi) is 13.1. The van der Waals surface area contributed by atoms with E-state index in [0.29, 0.717) is 25.0 Å². The summed E-state index contributed by atoms with van der Waals surface area (Å²) in [7, 11) is 0. The molecule has 168 valence electrons. The third kappa shape index (κ3) is 11.5. The monoisotopic (exact) mass is 425 g/mol. The van der Waals surface area contributed by atoms with E-state index >= 15 is 0 Å². The largest absolute Gasteiger partial charge is 0.466 e. The molecule has 0 atom stereocenters. The van der Waals surface area contributed by atoms with E-state index in [1.165, 1.54) is 6.07 Å². The molecular formula is C22H32FNO6. The molecule has 8 heteroatoms. The van der Waals surface area contributed by atoms with Crippen molar-refractivity contribution in [1.82, 2.24) is 0 Å². The van der Waals surface area contributed by atoms with Gasteiger partial charge in [-0.05, 0) is 30.9 Å². The van der Waals surface area contributed by atoms with Crippen LogP contribution in [0.5, 0.6) is 0 Å². The van der Waals surface area contributed by atoms with Crippen LogP contribution in [0.1, 0.15) is 83.1 Å². The van der Waals surface area contributed by atoms with E-state index in [-0.39, 0.29) is 25.0 Å². The number of nitro benzene ring substituents is 1. The molecule has 0 spiro atoms. The maximum atomic E-state index is 13.3. The van der Waals surface area contributed by atoms with Gasteiger partial charge >= 0.3 is 17.6 Å². The molecule has 0 aliphatic heterocycles. The first-order valence-electron chi connectivity index (χ1n) is 10.7. The van der Waals surface area contributed by atoms with Gasteiger partial charge in [0.15, 0.2) is 0 Å². The topological polar surface area (TPSA) is 95.7 Å². The quantitative estimate of drug-likeness (QED) is 0.147. The number of carbonyl (C=O) groups is 2. The van der Waals surface area contributed by atoms with Crippen molar-refractivity contribution in [2.45, 2.75) is 84.2 Å². The van der Waals surface area contributed by atoms with Gasteiger partial charge in [-0.2, -0.15) is 4.39 Å². The molecule has 0 radical (unpaired) electrons. The highest BCUT2D eigenvalue weighted by Crippen LogP contribution is 2.19. The van der Waals surface area contributed by atoms with Crippen molar-refractivity contribution in [3.63, 3.8) is 0 Å². The number of nitro groups is 1. The van der Waals surface area contributed by atoms with Crippen LogP contribution in [0, 0.1) is 15.9 Å². The van der Waals surface area contributed by atoms with E-state index in [1.54, 1.807) is 0 Å². The zero-order valence-electron chi connectivity index (χ0n) is 17.7. The van der Waals surface area contributed by atoms with Crippen LogP contribution in [0.3, 0.4) is 0 Å². The SMILES string of the molecule is CCCCCOC(=O)CCCCCCCCC(=O)OCc1ccc(F)c([N+](=O)[O-])c1. The number of unbranched alkanes of at least 4 members (excludes halogenated alkanes) is 7. The van der Waals surface area contributed by atoms with Gasteiger partial charge < -0.3 is 9.47 Å². The van der Waals surface area contributed by atoms with Gasteiger partial charge in [0.25, 0.3) is 0 Å². The van der Waals surface area contributed by atoms with E-state index < -0.39 is 16.4 Å². The summed E-state index contributed by atoms with van der Waals surface area (Å²) in [6.07, 6.45) is 9.17. The van der Waals surface area contributed by atoms with Gasteiger partial charge in [-0.1, -0.05) is 51.5 Å². The zero-order chi connectivity index (χ0) is 22.2. The second-order valence-electron chi connectivity index (χ2n) is 7.25. The molecule has 1 aromatic rings. The summed E-state index contributed by atoms with van der Waals surface area (Å²) in [5, 5.41) is 10.7. The van der Waals surface area contributed by atoms with Gasteiger partial charge in [0.05, 0.1) is 11.5 Å². The number of benzene rings is 1.